The van der Waals surface area contributed by atoms with E-state index in [0.29, 0.717) is 31.0 Å². The lowest BCUT2D eigenvalue weighted by Gasteiger charge is -2.32. The Morgan fingerprint density at radius 3 is 2.50 bits per heavy atom. The number of aromatic amines is 1. The molecule has 8 heteroatoms. The Kier molecular flexibility index (Phi) is 4.56. The number of fused-ring (bicyclic) bond motifs is 1. The van der Waals surface area contributed by atoms with Gasteiger partial charge in [-0.3, -0.25) is 4.79 Å². The van der Waals surface area contributed by atoms with Crippen molar-refractivity contribution < 1.29 is 9.59 Å². The molecule has 2 aliphatic heterocycles. The molecule has 28 heavy (non-hydrogen) atoms. The molecule has 8 nitrogen and oxygen atoms in total. The Morgan fingerprint density at radius 1 is 1.11 bits per heavy atom. The van der Waals surface area contributed by atoms with Crippen LogP contribution in [0, 0.1) is 25.7 Å². The van der Waals surface area contributed by atoms with E-state index in [9.17, 15) is 9.59 Å². The summed E-state index contributed by atoms with van der Waals surface area (Å²) in [7, 11) is 3.57. The van der Waals surface area contributed by atoms with Gasteiger partial charge in [-0.2, -0.15) is 15.4 Å². The minimum Gasteiger partial charge on any atom is -0.336 e. The summed E-state index contributed by atoms with van der Waals surface area (Å²) < 4.78 is 0. The van der Waals surface area contributed by atoms with E-state index in [0.717, 1.165) is 5.56 Å². The van der Waals surface area contributed by atoms with Gasteiger partial charge in [-0.05, 0) is 25.0 Å². The van der Waals surface area contributed by atoms with E-state index in [1.54, 1.807) is 25.9 Å². The van der Waals surface area contributed by atoms with Gasteiger partial charge in [0, 0.05) is 45.6 Å². The number of carbonyl (C=O) groups excluding carboxylic acids is 2. The third-order valence-electron chi connectivity index (χ3n) is 6.01. The number of amides is 3. The van der Waals surface area contributed by atoms with Crippen LogP contribution in [0.25, 0.3) is 0 Å². The summed E-state index contributed by atoms with van der Waals surface area (Å²) in [5.74, 6) is 0.375. The third kappa shape index (κ3) is 2.93. The second-order valence-corrected chi connectivity index (χ2v) is 8.02. The maximum Gasteiger partial charge on any atom is 0.320 e. The summed E-state index contributed by atoms with van der Waals surface area (Å²) in [5.41, 5.74) is 3.33. The number of hydrogen-bond acceptors (Lipinski definition) is 4. The van der Waals surface area contributed by atoms with Crippen LogP contribution in [0.2, 0.25) is 0 Å². The number of benzene rings is 1. The summed E-state index contributed by atoms with van der Waals surface area (Å²) in [5, 5.41) is 10.5. The summed E-state index contributed by atoms with van der Waals surface area (Å²) >= 11 is 0. The van der Waals surface area contributed by atoms with Gasteiger partial charge in [0.25, 0.3) is 5.91 Å². The summed E-state index contributed by atoms with van der Waals surface area (Å²) in [6, 6.07) is 8.21. The lowest BCUT2D eigenvalue weighted by Crippen LogP contribution is -2.42. The molecule has 3 heterocycles. The number of aryl methyl sites for hydroxylation is 2. The van der Waals surface area contributed by atoms with Crippen LogP contribution in [-0.4, -0.2) is 75.8 Å². The quantitative estimate of drug-likeness (QED) is 0.859. The number of carbonyl (C=O) groups is 2. The van der Waals surface area contributed by atoms with Crippen molar-refractivity contribution in [2.45, 2.75) is 19.9 Å². The van der Waals surface area contributed by atoms with Gasteiger partial charge >= 0.3 is 6.03 Å². The highest BCUT2D eigenvalue weighted by Crippen LogP contribution is 2.46. The van der Waals surface area contributed by atoms with Crippen molar-refractivity contribution in [3.8, 4) is 0 Å². The van der Waals surface area contributed by atoms with Crippen LogP contribution in [-0.2, 0) is 0 Å². The zero-order chi connectivity index (χ0) is 20.0. The highest BCUT2D eigenvalue weighted by atomic mass is 16.2. The molecule has 2 fully saturated rings. The number of H-pyrrole nitrogens is 1. The summed E-state index contributed by atoms with van der Waals surface area (Å²) in [4.78, 5) is 31.2. The fourth-order valence-corrected chi connectivity index (χ4v) is 4.62. The van der Waals surface area contributed by atoms with Crippen LogP contribution in [0.5, 0.6) is 0 Å². The predicted molar refractivity (Wildman–Crippen MR) is 104 cm³/mol. The van der Waals surface area contributed by atoms with E-state index < -0.39 is 0 Å². The molecule has 0 radical (unpaired) electrons. The largest absolute Gasteiger partial charge is 0.336 e. The van der Waals surface area contributed by atoms with Crippen LogP contribution in [0.3, 0.4) is 0 Å². The maximum absolute atomic E-state index is 12.9. The van der Waals surface area contributed by atoms with Gasteiger partial charge < -0.3 is 14.7 Å². The van der Waals surface area contributed by atoms with Crippen molar-refractivity contribution in [1.82, 2.24) is 30.1 Å². The van der Waals surface area contributed by atoms with Gasteiger partial charge in [0.15, 0.2) is 5.69 Å². The Balaban J connectivity index is 1.64. The molecule has 1 aromatic carbocycles. The molecule has 3 amide bonds. The van der Waals surface area contributed by atoms with E-state index in [-0.39, 0.29) is 29.8 Å². The molecule has 1 N–H and O–H groups in total. The van der Waals surface area contributed by atoms with Gasteiger partial charge in [0.2, 0.25) is 0 Å². The molecule has 0 bridgehead atoms. The molecular formula is C20H26N6O2. The first-order valence-corrected chi connectivity index (χ1v) is 9.58. The van der Waals surface area contributed by atoms with Crippen LogP contribution in [0.15, 0.2) is 24.3 Å². The average Bonchev–Trinajstić information content (AvgIpc) is 3.35. The molecule has 2 aliphatic rings. The normalized spacial score (nSPS) is 23.8. The van der Waals surface area contributed by atoms with Crippen molar-refractivity contribution in [1.29, 1.82) is 0 Å². The van der Waals surface area contributed by atoms with Gasteiger partial charge in [0.1, 0.15) is 0 Å². The molecular weight excluding hydrogens is 356 g/mol. The summed E-state index contributed by atoms with van der Waals surface area (Å²) in [6.07, 6.45) is 0. The number of aromatic nitrogens is 3. The Labute approximate surface area is 164 Å². The minimum absolute atomic E-state index is 0.0212. The zero-order valence-electron chi connectivity index (χ0n) is 16.7. The number of nitrogens with zero attached hydrogens (tertiary/aromatic N) is 5. The van der Waals surface area contributed by atoms with Crippen LogP contribution in [0.1, 0.15) is 33.4 Å². The van der Waals surface area contributed by atoms with E-state index in [2.05, 4.69) is 34.5 Å². The van der Waals surface area contributed by atoms with Gasteiger partial charge in [-0.25, -0.2) is 4.79 Å². The molecule has 0 spiro atoms. The minimum atomic E-state index is -0.0883. The topological polar surface area (TPSA) is 85.4 Å². The molecule has 3 atom stereocenters. The number of hydrogen-bond donors (Lipinski definition) is 1. The van der Waals surface area contributed by atoms with E-state index in [4.69, 9.17) is 0 Å². The van der Waals surface area contributed by atoms with Crippen LogP contribution in [0.4, 0.5) is 4.79 Å². The number of rotatable bonds is 2. The van der Waals surface area contributed by atoms with Crippen molar-refractivity contribution in [3.05, 3.63) is 46.8 Å². The fraction of sp³-hybridized carbons (Fsp3) is 0.500. The SMILES string of the molecule is Cc1ccccc1[C@H]1[C@@H]2CN(C(=O)c3n[nH]nc3C)C[C@@H]2CN1C(=O)N(C)C. The Morgan fingerprint density at radius 2 is 1.86 bits per heavy atom. The monoisotopic (exact) mass is 382 g/mol. The highest BCUT2D eigenvalue weighted by molar-refractivity contribution is 5.93. The first-order valence-electron chi connectivity index (χ1n) is 9.58. The number of urea groups is 1. The Hall–Kier alpha value is -2.90. The Bertz CT molecular complexity index is 908. The second kappa shape index (κ2) is 6.92. The van der Waals surface area contributed by atoms with Gasteiger partial charge in [-0.15, -0.1) is 0 Å². The fourth-order valence-electron chi connectivity index (χ4n) is 4.62. The first kappa shape index (κ1) is 18.5. The highest BCUT2D eigenvalue weighted by Gasteiger charge is 2.51. The molecule has 1 aromatic heterocycles. The van der Waals surface area contributed by atoms with E-state index in [1.165, 1.54) is 5.56 Å². The van der Waals surface area contributed by atoms with Crippen molar-refractivity contribution in [2.75, 3.05) is 33.7 Å². The number of nitrogens with one attached hydrogen (secondary N) is 1. The first-order chi connectivity index (χ1) is 13.4. The molecule has 0 aliphatic carbocycles. The van der Waals surface area contributed by atoms with Gasteiger partial charge in [0.05, 0.1) is 11.7 Å². The lowest BCUT2D eigenvalue weighted by molar-refractivity contribution is 0.0760. The van der Waals surface area contributed by atoms with Crippen molar-refractivity contribution >= 4 is 11.9 Å². The zero-order valence-corrected chi connectivity index (χ0v) is 16.7. The van der Waals surface area contributed by atoms with E-state index in [1.807, 2.05) is 21.9 Å². The molecule has 2 saturated heterocycles. The lowest BCUT2D eigenvalue weighted by atomic mass is 9.88. The molecule has 148 valence electrons. The van der Waals surface area contributed by atoms with Crippen molar-refractivity contribution in [3.63, 3.8) is 0 Å². The van der Waals surface area contributed by atoms with Crippen molar-refractivity contribution in [2.24, 2.45) is 11.8 Å². The summed E-state index contributed by atoms with van der Waals surface area (Å²) in [6.45, 7) is 5.77. The molecule has 0 unspecified atom stereocenters. The molecule has 4 rings (SSSR count). The average molecular weight is 382 g/mol. The maximum atomic E-state index is 12.9. The standard InChI is InChI=1S/C20H26N6O2/c1-12-7-5-6-8-15(12)18-16-11-25(19(27)17-13(2)21-23-22-17)9-14(16)10-26(18)20(28)24(3)4/h5-8,14,16,18H,9-11H2,1-4H3,(H,21,22,23)/t14-,16-,18+/m1/s1. The third-order valence-corrected chi connectivity index (χ3v) is 6.01. The van der Waals surface area contributed by atoms with E-state index >= 15 is 0 Å². The number of likely N-dealkylation sites (tertiary alicyclic amines) is 2. The van der Waals surface area contributed by atoms with Crippen LogP contribution >= 0.6 is 0 Å². The molecule has 2 aromatic rings. The predicted octanol–water partition coefficient (Wildman–Crippen LogP) is 1.85. The van der Waals surface area contributed by atoms with Crippen LogP contribution < -0.4 is 0 Å². The molecule has 0 saturated carbocycles. The van der Waals surface area contributed by atoms with Gasteiger partial charge in [-0.1, -0.05) is 24.3 Å². The smallest absolute Gasteiger partial charge is 0.320 e. The second-order valence-electron chi connectivity index (χ2n) is 8.02.